The van der Waals surface area contributed by atoms with Crippen molar-refractivity contribution in [1.29, 1.82) is 0 Å². The van der Waals surface area contributed by atoms with Gasteiger partial charge in [-0.1, -0.05) is 20.8 Å². The van der Waals surface area contributed by atoms with Crippen LogP contribution < -0.4 is 5.32 Å². The number of nitrogens with one attached hydrogen (secondary N) is 1. The summed E-state index contributed by atoms with van der Waals surface area (Å²) >= 11 is 1.62. The molecule has 0 aromatic carbocycles. The second-order valence-corrected chi connectivity index (χ2v) is 8.76. The summed E-state index contributed by atoms with van der Waals surface area (Å²) in [6.45, 7) is 6.36. The van der Waals surface area contributed by atoms with Crippen molar-refractivity contribution in [3.05, 3.63) is 36.3 Å². The molecule has 2 heterocycles. The van der Waals surface area contributed by atoms with Gasteiger partial charge in [0.15, 0.2) is 0 Å². The van der Waals surface area contributed by atoms with Crippen LogP contribution >= 0.6 is 11.8 Å². The van der Waals surface area contributed by atoms with Crippen molar-refractivity contribution < 1.29 is 13.2 Å². The van der Waals surface area contributed by atoms with Gasteiger partial charge in [-0.2, -0.15) is 4.31 Å². The molecule has 0 fully saturated rings. The molecule has 0 saturated heterocycles. The largest absolute Gasteiger partial charge is 0.345 e. The van der Waals surface area contributed by atoms with E-state index in [-0.39, 0.29) is 16.5 Å². The minimum Gasteiger partial charge on any atom is -0.345 e. The SMILES string of the molecule is CCSc1ccc(NC(=O)c2cc(S(=O)(=O)N(CC)CC)cn2C)cn1. The molecule has 2 aromatic rings. The fourth-order valence-electron chi connectivity index (χ4n) is 2.50. The number of aromatic nitrogens is 2. The molecule has 26 heavy (non-hydrogen) atoms. The first-order valence-electron chi connectivity index (χ1n) is 8.40. The Hall–Kier alpha value is -1.84. The Morgan fingerprint density at radius 2 is 1.96 bits per heavy atom. The molecular formula is C17H24N4O3S2. The summed E-state index contributed by atoms with van der Waals surface area (Å²) in [6.07, 6.45) is 3.05. The maximum Gasteiger partial charge on any atom is 0.272 e. The topological polar surface area (TPSA) is 84.3 Å². The number of pyridine rings is 1. The Morgan fingerprint density at radius 3 is 2.50 bits per heavy atom. The number of thioether (sulfide) groups is 1. The maximum atomic E-state index is 12.6. The normalized spacial score (nSPS) is 11.7. The number of carbonyl (C=O) groups is 1. The van der Waals surface area contributed by atoms with Gasteiger partial charge in [0, 0.05) is 26.3 Å². The lowest BCUT2D eigenvalue weighted by Crippen LogP contribution is -2.30. The summed E-state index contributed by atoms with van der Waals surface area (Å²) in [5.41, 5.74) is 0.826. The number of hydrogen-bond acceptors (Lipinski definition) is 5. The van der Waals surface area contributed by atoms with Crippen molar-refractivity contribution in [3.8, 4) is 0 Å². The number of sulfonamides is 1. The van der Waals surface area contributed by atoms with Gasteiger partial charge in [0.2, 0.25) is 10.0 Å². The Labute approximate surface area is 158 Å². The zero-order valence-corrected chi connectivity index (χ0v) is 17.0. The highest BCUT2D eigenvalue weighted by Gasteiger charge is 2.25. The second kappa shape index (κ2) is 8.70. The first-order chi connectivity index (χ1) is 12.3. The third-order valence-electron chi connectivity index (χ3n) is 3.84. The van der Waals surface area contributed by atoms with E-state index < -0.39 is 10.0 Å². The van der Waals surface area contributed by atoms with E-state index in [0.29, 0.717) is 18.8 Å². The molecule has 0 aliphatic heterocycles. The fourth-order valence-corrected chi connectivity index (χ4v) is 4.61. The minimum atomic E-state index is -3.60. The zero-order valence-electron chi connectivity index (χ0n) is 15.4. The number of anilines is 1. The molecule has 0 atom stereocenters. The molecular weight excluding hydrogens is 372 g/mol. The van der Waals surface area contributed by atoms with Crippen LogP contribution in [0.3, 0.4) is 0 Å². The predicted octanol–water partition coefficient (Wildman–Crippen LogP) is 2.81. The second-order valence-electron chi connectivity index (χ2n) is 5.53. The monoisotopic (exact) mass is 396 g/mol. The molecule has 0 aliphatic carbocycles. The number of rotatable bonds is 8. The smallest absolute Gasteiger partial charge is 0.272 e. The summed E-state index contributed by atoms with van der Waals surface area (Å²) in [5, 5.41) is 3.64. The van der Waals surface area contributed by atoms with Crippen molar-refractivity contribution in [2.45, 2.75) is 30.7 Å². The summed E-state index contributed by atoms with van der Waals surface area (Å²) in [4.78, 5) is 16.9. The van der Waals surface area contributed by atoms with E-state index in [9.17, 15) is 13.2 Å². The molecule has 0 bridgehead atoms. The van der Waals surface area contributed by atoms with Gasteiger partial charge in [0.1, 0.15) is 10.6 Å². The van der Waals surface area contributed by atoms with Gasteiger partial charge in [-0.15, -0.1) is 11.8 Å². The summed E-state index contributed by atoms with van der Waals surface area (Å²) in [5.74, 6) is 0.539. The van der Waals surface area contributed by atoms with Crippen molar-refractivity contribution >= 4 is 33.4 Å². The van der Waals surface area contributed by atoms with Gasteiger partial charge in [-0.3, -0.25) is 4.79 Å². The van der Waals surface area contributed by atoms with Crippen LogP contribution in [0.15, 0.2) is 40.5 Å². The minimum absolute atomic E-state index is 0.113. The average Bonchev–Trinajstić information content (AvgIpc) is 3.00. The highest BCUT2D eigenvalue weighted by atomic mass is 32.2. The van der Waals surface area contributed by atoms with E-state index in [1.54, 1.807) is 44.9 Å². The number of hydrogen-bond donors (Lipinski definition) is 1. The van der Waals surface area contributed by atoms with Crippen LogP contribution in [0.1, 0.15) is 31.3 Å². The molecule has 0 unspecified atom stereocenters. The van der Waals surface area contributed by atoms with Crippen LogP contribution in [-0.4, -0.2) is 47.0 Å². The van der Waals surface area contributed by atoms with Crippen molar-refractivity contribution in [2.24, 2.45) is 7.05 Å². The molecule has 0 radical (unpaired) electrons. The molecule has 2 aromatic heterocycles. The Bertz CT molecular complexity index is 857. The fraction of sp³-hybridized carbons (Fsp3) is 0.412. The Morgan fingerprint density at radius 1 is 1.27 bits per heavy atom. The molecule has 142 valence electrons. The third kappa shape index (κ3) is 4.46. The average molecular weight is 397 g/mol. The molecule has 0 aliphatic rings. The standard InChI is InChI=1S/C17H24N4O3S2/c1-5-21(6-2)26(23,24)14-10-15(20(4)12-14)17(22)19-13-8-9-16(18-11-13)25-7-3/h8-12H,5-7H2,1-4H3,(H,19,22). The van der Waals surface area contributed by atoms with E-state index in [4.69, 9.17) is 0 Å². The summed E-state index contributed by atoms with van der Waals surface area (Å²) in [7, 11) is -1.96. The number of aryl methyl sites for hydroxylation is 1. The van der Waals surface area contributed by atoms with Crippen LogP contribution in [-0.2, 0) is 17.1 Å². The lowest BCUT2D eigenvalue weighted by Gasteiger charge is -2.17. The van der Waals surface area contributed by atoms with E-state index in [1.807, 2.05) is 13.0 Å². The summed E-state index contributed by atoms with van der Waals surface area (Å²) < 4.78 is 28.1. The molecule has 0 spiro atoms. The molecule has 9 heteroatoms. The van der Waals surface area contributed by atoms with Gasteiger partial charge >= 0.3 is 0 Å². The number of amides is 1. The Balaban J connectivity index is 2.21. The summed E-state index contributed by atoms with van der Waals surface area (Å²) in [6, 6.07) is 5.02. The highest BCUT2D eigenvalue weighted by Crippen LogP contribution is 2.20. The molecule has 1 N–H and O–H groups in total. The third-order valence-corrected chi connectivity index (χ3v) is 6.68. The van der Waals surface area contributed by atoms with Crippen molar-refractivity contribution in [2.75, 3.05) is 24.2 Å². The van der Waals surface area contributed by atoms with Gasteiger partial charge in [-0.05, 0) is 24.0 Å². The lowest BCUT2D eigenvalue weighted by molar-refractivity contribution is 0.101. The quantitative estimate of drug-likeness (QED) is 0.694. The maximum absolute atomic E-state index is 12.6. The van der Waals surface area contributed by atoms with E-state index in [2.05, 4.69) is 10.3 Å². The zero-order chi connectivity index (χ0) is 19.3. The number of carbonyl (C=O) groups excluding carboxylic acids is 1. The first kappa shape index (κ1) is 20.5. The predicted molar refractivity (Wildman–Crippen MR) is 104 cm³/mol. The molecule has 7 nitrogen and oxygen atoms in total. The van der Waals surface area contributed by atoms with Crippen LogP contribution in [0.5, 0.6) is 0 Å². The van der Waals surface area contributed by atoms with Gasteiger partial charge in [0.05, 0.1) is 16.9 Å². The van der Waals surface area contributed by atoms with Crippen LogP contribution in [0.4, 0.5) is 5.69 Å². The molecule has 0 saturated carbocycles. The highest BCUT2D eigenvalue weighted by molar-refractivity contribution is 7.99. The van der Waals surface area contributed by atoms with Crippen molar-refractivity contribution in [3.63, 3.8) is 0 Å². The van der Waals surface area contributed by atoms with E-state index >= 15 is 0 Å². The molecule has 2 rings (SSSR count). The van der Waals surface area contributed by atoms with E-state index in [0.717, 1.165) is 10.8 Å². The van der Waals surface area contributed by atoms with Gasteiger partial charge in [0.25, 0.3) is 5.91 Å². The number of nitrogens with zero attached hydrogens (tertiary/aromatic N) is 3. The molecule has 1 amide bonds. The lowest BCUT2D eigenvalue weighted by atomic mass is 10.3. The van der Waals surface area contributed by atoms with Crippen LogP contribution in [0.25, 0.3) is 0 Å². The first-order valence-corrected chi connectivity index (χ1v) is 10.8. The Kier molecular flexibility index (Phi) is 6.85. The van der Waals surface area contributed by atoms with Crippen LogP contribution in [0.2, 0.25) is 0 Å². The van der Waals surface area contributed by atoms with Crippen LogP contribution in [0, 0.1) is 0 Å². The van der Waals surface area contributed by atoms with Gasteiger partial charge in [-0.25, -0.2) is 13.4 Å². The van der Waals surface area contributed by atoms with Gasteiger partial charge < -0.3 is 9.88 Å². The van der Waals surface area contributed by atoms with Crippen molar-refractivity contribution in [1.82, 2.24) is 13.9 Å². The van der Waals surface area contributed by atoms with E-state index in [1.165, 1.54) is 21.1 Å².